The van der Waals surface area contributed by atoms with Crippen molar-refractivity contribution in [1.29, 1.82) is 0 Å². The third-order valence-electron chi connectivity index (χ3n) is 1.11. The van der Waals surface area contributed by atoms with E-state index >= 15 is 0 Å². The molecule has 0 bridgehead atoms. The summed E-state index contributed by atoms with van der Waals surface area (Å²) in [4.78, 5) is 11.1. The van der Waals surface area contributed by atoms with E-state index in [1.807, 2.05) is 0 Å². The molecule has 0 atom stereocenters. The zero-order valence-electron chi connectivity index (χ0n) is 9.11. The molecule has 0 fully saturated rings. The third kappa shape index (κ3) is 4.92. The Kier molecular flexibility index (Phi) is 9.62. The number of carboxylic acids is 1. The van der Waals surface area contributed by atoms with Crippen LogP contribution in [0.25, 0.3) is 0 Å². The van der Waals surface area contributed by atoms with Gasteiger partial charge in [0.25, 0.3) is 0 Å². The Morgan fingerprint density at radius 3 is 2.00 bits per heavy atom. The predicted molar refractivity (Wildman–Crippen MR) is 42.9 cm³/mol. The molecule has 1 rings (SSSR count). The van der Waals surface area contributed by atoms with E-state index in [1.165, 1.54) is 12.1 Å². The molecule has 0 amide bonds. The van der Waals surface area contributed by atoms with Crippen molar-refractivity contribution in [3.63, 3.8) is 0 Å². The number of rotatable bonds is 1. The van der Waals surface area contributed by atoms with Gasteiger partial charge in [-0.15, -0.1) is 12.6 Å². The maximum atomic E-state index is 10.3. The number of benzene rings is 1. The van der Waals surface area contributed by atoms with Crippen LogP contribution in [0.15, 0.2) is 29.2 Å². The van der Waals surface area contributed by atoms with Crippen molar-refractivity contribution in [2.24, 2.45) is 0 Å². The van der Waals surface area contributed by atoms with Crippen molar-refractivity contribution in [2.45, 2.75) is 4.90 Å². The van der Waals surface area contributed by atoms with E-state index < -0.39 is 5.97 Å². The van der Waals surface area contributed by atoms with Crippen molar-refractivity contribution >= 4 is 18.6 Å². The molecule has 56 valence electrons. The van der Waals surface area contributed by atoms with Crippen LogP contribution in [0.3, 0.4) is 0 Å². The SMILES string of the molecule is O=C(O)c1ccc(S)cc1.[H-].[H-].[Na+].[Na+]. The molecule has 1 aromatic carbocycles. The summed E-state index contributed by atoms with van der Waals surface area (Å²) in [6.45, 7) is 0. The van der Waals surface area contributed by atoms with Gasteiger partial charge in [-0.3, -0.25) is 0 Å². The standard InChI is InChI=1S/C7H6O2S.2Na.2H/c8-7(9)5-1-3-6(10)4-2-5;;;;/h1-4,10H,(H,8,9);;;;/q;2*+1;2*-1. The molecule has 0 aliphatic carbocycles. The Morgan fingerprint density at radius 1 is 1.25 bits per heavy atom. The molecule has 1 N–H and O–H groups in total. The number of hydrogen-bond acceptors (Lipinski definition) is 2. The van der Waals surface area contributed by atoms with Gasteiger partial charge in [-0.05, 0) is 24.3 Å². The van der Waals surface area contributed by atoms with Crippen molar-refractivity contribution in [3.8, 4) is 0 Å². The molecule has 0 radical (unpaired) electrons. The van der Waals surface area contributed by atoms with Gasteiger partial charge >= 0.3 is 65.1 Å². The van der Waals surface area contributed by atoms with Crippen molar-refractivity contribution < 1.29 is 71.9 Å². The van der Waals surface area contributed by atoms with Gasteiger partial charge in [0.15, 0.2) is 0 Å². The Bertz CT molecular complexity index is 256. The van der Waals surface area contributed by atoms with Crippen LogP contribution in [0.2, 0.25) is 0 Å². The molecule has 0 unspecified atom stereocenters. The minimum absolute atomic E-state index is 0. The molecule has 0 spiro atoms. The van der Waals surface area contributed by atoms with E-state index in [-0.39, 0.29) is 67.5 Å². The first-order chi connectivity index (χ1) is 4.70. The Labute approximate surface area is 124 Å². The quantitative estimate of drug-likeness (QED) is 0.359. The zero-order valence-corrected chi connectivity index (χ0v) is 12.0. The van der Waals surface area contributed by atoms with Crippen LogP contribution in [0.1, 0.15) is 13.2 Å². The minimum atomic E-state index is -0.909. The molecule has 2 nitrogen and oxygen atoms in total. The molecule has 0 saturated heterocycles. The molecule has 0 saturated carbocycles. The second kappa shape index (κ2) is 7.44. The van der Waals surface area contributed by atoms with Crippen molar-refractivity contribution in [3.05, 3.63) is 29.8 Å². The molecular weight excluding hydrogens is 194 g/mol. The molecule has 0 aromatic heterocycles. The van der Waals surface area contributed by atoms with Crippen LogP contribution in [0.4, 0.5) is 0 Å². The molecule has 0 aliphatic rings. The van der Waals surface area contributed by atoms with Crippen LogP contribution in [-0.2, 0) is 0 Å². The van der Waals surface area contributed by atoms with Crippen LogP contribution < -0.4 is 59.1 Å². The first kappa shape index (κ1) is 15.5. The molecular formula is C7H8Na2O2S. The Hall–Kier alpha value is 1.04. The summed E-state index contributed by atoms with van der Waals surface area (Å²) in [7, 11) is 0. The first-order valence-electron chi connectivity index (χ1n) is 2.72. The van der Waals surface area contributed by atoms with Gasteiger partial charge < -0.3 is 7.96 Å². The maximum absolute atomic E-state index is 10.3. The molecule has 5 heteroatoms. The van der Waals surface area contributed by atoms with Crippen LogP contribution in [0.5, 0.6) is 0 Å². The molecule has 1 aromatic rings. The van der Waals surface area contributed by atoms with E-state index in [4.69, 9.17) is 5.11 Å². The van der Waals surface area contributed by atoms with Gasteiger partial charge in [0.2, 0.25) is 0 Å². The van der Waals surface area contributed by atoms with Gasteiger partial charge in [-0.25, -0.2) is 4.79 Å². The van der Waals surface area contributed by atoms with Crippen molar-refractivity contribution in [1.82, 2.24) is 0 Å². The summed E-state index contributed by atoms with van der Waals surface area (Å²) in [5.74, 6) is -0.909. The summed E-state index contributed by atoms with van der Waals surface area (Å²) in [6, 6.07) is 6.33. The second-order valence-corrected chi connectivity index (χ2v) is 2.37. The van der Waals surface area contributed by atoms with E-state index in [9.17, 15) is 4.79 Å². The molecule has 0 aliphatic heterocycles. The fourth-order valence-electron chi connectivity index (χ4n) is 0.604. The number of hydrogen-bond donors (Lipinski definition) is 2. The van der Waals surface area contributed by atoms with Gasteiger partial charge in [0.1, 0.15) is 0 Å². The monoisotopic (exact) mass is 202 g/mol. The van der Waals surface area contributed by atoms with Crippen molar-refractivity contribution in [2.75, 3.05) is 0 Å². The average Bonchev–Trinajstić information content (AvgIpc) is 1.88. The fraction of sp³-hybridized carbons (Fsp3) is 0. The zero-order chi connectivity index (χ0) is 7.56. The van der Waals surface area contributed by atoms with Gasteiger partial charge in [-0.1, -0.05) is 0 Å². The number of carboxylic acid groups (broad SMARTS) is 1. The smallest absolute Gasteiger partial charge is 1.00 e. The summed E-state index contributed by atoms with van der Waals surface area (Å²) >= 11 is 4.01. The van der Waals surface area contributed by atoms with Crippen LogP contribution >= 0.6 is 12.6 Å². The summed E-state index contributed by atoms with van der Waals surface area (Å²) in [5.41, 5.74) is 0.290. The first-order valence-corrected chi connectivity index (χ1v) is 3.17. The van der Waals surface area contributed by atoms with Crippen LogP contribution in [0, 0.1) is 0 Å². The number of aromatic carboxylic acids is 1. The van der Waals surface area contributed by atoms with E-state index in [1.54, 1.807) is 12.1 Å². The van der Waals surface area contributed by atoms with Gasteiger partial charge in [-0.2, -0.15) is 0 Å². The minimum Gasteiger partial charge on any atom is -1.00 e. The van der Waals surface area contributed by atoms with Gasteiger partial charge in [0.05, 0.1) is 5.56 Å². The van der Waals surface area contributed by atoms with Crippen LogP contribution in [-0.4, -0.2) is 11.1 Å². The average molecular weight is 202 g/mol. The Balaban J connectivity index is -0.000000125. The summed E-state index contributed by atoms with van der Waals surface area (Å²) in [6.07, 6.45) is 0. The topological polar surface area (TPSA) is 37.3 Å². The maximum Gasteiger partial charge on any atom is 1.00 e. The normalized spacial score (nSPS) is 7.75. The third-order valence-corrected chi connectivity index (χ3v) is 1.41. The van der Waals surface area contributed by atoms with E-state index in [0.717, 1.165) is 4.90 Å². The summed E-state index contributed by atoms with van der Waals surface area (Å²) < 4.78 is 0. The Morgan fingerprint density at radius 2 is 1.67 bits per heavy atom. The van der Waals surface area contributed by atoms with Gasteiger partial charge in [0, 0.05) is 4.90 Å². The van der Waals surface area contributed by atoms with E-state index in [2.05, 4.69) is 12.6 Å². The number of carbonyl (C=O) groups is 1. The summed E-state index contributed by atoms with van der Waals surface area (Å²) in [5, 5.41) is 8.45. The predicted octanol–water partition coefficient (Wildman–Crippen LogP) is -4.09. The van der Waals surface area contributed by atoms with E-state index in [0.29, 0.717) is 0 Å². The fourth-order valence-corrected chi connectivity index (χ4v) is 0.753. The second-order valence-electron chi connectivity index (χ2n) is 1.85. The molecule has 12 heavy (non-hydrogen) atoms. The largest absolute Gasteiger partial charge is 1.00 e. The number of thiol groups is 1. The molecule has 0 heterocycles.